The highest BCUT2D eigenvalue weighted by Gasteiger charge is 2.28. The minimum absolute atomic E-state index is 0.879. The van der Waals surface area contributed by atoms with E-state index in [9.17, 15) is 0 Å². The molecule has 4 nitrogen and oxygen atoms in total. The smallest absolute Gasteiger partial charge is 0.131 e. The fourth-order valence-electron chi connectivity index (χ4n) is 8.67. The van der Waals surface area contributed by atoms with Gasteiger partial charge in [0.05, 0.1) is 39.1 Å². The summed E-state index contributed by atoms with van der Waals surface area (Å²) in [6, 6.07) is 65.2. The Bertz CT molecular complexity index is 3350. The van der Waals surface area contributed by atoms with E-state index < -0.39 is 0 Å². The summed E-state index contributed by atoms with van der Waals surface area (Å²) >= 11 is 1.86. The zero-order valence-electron chi connectivity index (χ0n) is 29.5. The topological polar surface area (TPSA) is 35.6 Å². The Morgan fingerprint density at radius 3 is 2.00 bits per heavy atom. The van der Waals surface area contributed by atoms with Crippen molar-refractivity contribution >= 4 is 66.4 Å². The molecule has 0 unspecified atom stereocenters. The van der Waals surface area contributed by atoms with Crippen LogP contribution in [-0.4, -0.2) is 19.1 Å². The summed E-state index contributed by atoms with van der Waals surface area (Å²) in [5, 5.41) is 6.19. The number of hydrogen-bond donors (Lipinski definition) is 0. The average Bonchev–Trinajstić information content (AvgIpc) is 3.77. The molecule has 4 heterocycles. The van der Waals surface area contributed by atoms with Crippen molar-refractivity contribution in [3.63, 3.8) is 0 Å². The van der Waals surface area contributed by atoms with Gasteiger partial charge in [0, 0.05) is 42.8 Å². The highest BCUT2D eigenvalue weighted by atomic mass is 32.2. The molecule has 1 aliphatic heterocycles. The molecule has 0 fully saturated rings. The Hall–Kier alpha value is -6.95. The monoisotopic (exact) mass is 718 g/mol. The van der Waals surface area contributed by atoms with Crippen LogP contribution >= 0.6 is 11.8 Å². The number of hydrogen-bond acceptors (Lipinski definition) is 3. The van der Waals surface area contributed by atoms with Crippen LogP contribution in [0, 0.1) is 0 Å². The fraction of sp³-hybridized carbons (Fsp3) is 0. The minimum Gasteiger partial charge on any atom is -0.295 e. The maximum absolute atomic E-state index is 5.28. The van der Waals surface area contributed by atoms with E-state index >= 15 is 0 Å². The van der Waals surface area contributed by atoms with Gasteiger partial charge < -0.3 is 0 Å². The molecule has 0 radical (unpaired) electrons. The molecule has 0 saturated heterocycles. The van der Waals surface area contributed by atoms with Gasteiger partial charge in [-0.1, -0.05) is 139 Å². The molecule has 0 amide bonds. The Morgan fingerprint density at radius 1 is 0.436 bits per heavy atom. The predicted octanol–water partition coefficient (Wildman–Crippen LogP) is 13.3. The molecule has 1 aliphatic rings. The van der Waals surface area contributed by atoms with Crippen LogP contribution in [-0.2, 0) is 0 Å². The lowest BCUT2D eigenvalue weighted by Gasteiger charge is -2.22. The largest absolute Gasteiger partial charge is 0.295 e. The first kappa shape index (κ1) is 30.5. The summed E-state index contributed by atoms with van der Waals surface area (Å²) in [5.41, 5.74) is 14.0. The first-order chi connectivity index (χ1) is 27.3. The maximum Gasteiger partial charge on any atom is 0.131 e. The van der Waals surface area contributed by atoms with E-state index in [1.165, 1.54) is 59.1 Å². The summed E-state index contributed by atoms with van der Waals surface area (Å²) in [6.45, 7) is 0. The van der Waals surface area contributed by atoms with Crippen molar-refractivity contribution in [2.75, 3.05) is 0 Å². The predicted molar refractivity (Wildman–Crippen MR) is 229 cm³/mol. The lowest BCUT2D eigenvalue weighted by atomic mass is 9.96. The molecular weight excluding hydrogens is 689 g/mol. The first-order valence-corrected chi connectivity index (χ1v) is 19.4. The number of rotatable bonds is 4. The second kappa shape index (κ2) is 11.8. The lowest BCUT2D eigenvalue weighted by Crippen LogP contribution is -2.05. The fourth-order valence-corrected chi connectivity index (χ4v) is 9.80. The second-order valence-electron chi connectivity index (χ2n) is 14.2. The molecule has 0 N–H and O–H groups in total. The van der Waals surface area contributed by atoms with Crippen LogP contribution in [0.3, 0.4) is 0 Å². The molecule has 256 valence electrons. The zero-order chi connectivity index (χ0) is 36.0. The van der Waals surface area contributed by atoms with E-state index in [0.29, 0.717) is 0 Å². The first-order valence-electron chi connectivity index (χ1n) is 18.6. The SMILES string of the molecule is c1ccc(-n2c3ccccc3c3c4cccc5c4n(c32)-c2ccc(-c3cccc(-c4nc6ccccc6nc4-c4cccc6ccccc46)c3)cc2S5)cc1. The summed E-state index contributed by atoms with van der Waals surface area (Å²) in [7, 11) is 0. The van der Waals surface area contributed by atoms with Gasteiger partial charge in [0.2, 0.25) is 0 Å². The molecular formula is C50H30N4S. The van der Waals surface area contributed by atoms with Crippen molar-refractivity contribution < 1.29 is 0 Å². The normalized spacial score (nSPS) is 12.3. The van der Waals surface area contributed by atoms with Crippen LogP contribution in [0.4, 0.5) is 0 Å². The van der Waals surface area contributed by atoms with Gasteiger partial charge in [-0.05, 0) is 76.5 Å². The molecule has 5 heteroatoms. The summed E-state index contributed by atoms with van der Waals surface area (Å²) < 4.78 is 4.93. The molecule has 11 aromatic rings. The molecule has 0 bridgehead atoms. The summed E-state index contributed by atoms with van der Waals surface area (Å²) in [5.74, 6) is 0. The Balaban J connectivity index is 1.05. The van der Waals surface area contributed by atoms with Crippen molar-refractivity contribution in [1.29, 1.82) is 0 Å². The Morgan fingerprint density at radius 2 is 1.11 bits per heavy atom. The summed E-state index contributed by atoms with van der Waals surface area (Å²) in [6.07, 6.45) is 0. The quantitative estimate of drug-likeness (QED) is 0.182. The molecule has 0 atom stereocenters. The highest BCUT2D eigenvalue weighted by molar-refractivity contribution is 7.99. The van der Waals surface area contributed by atoms with Crippen molar-refractivity contribution in [3.05, 3.63) is 182 Å². The van der Waals surface area contributed by atoms with Crippen LogP contribution in [0.15, 0.2) is 192 Å². The van der Waals surface area contributed by atoms with Gasteiger partial charge in [0.15, 0.2) is 0 Å². The molecule has 0 aliphatic carbocycles. The average molecular weight is 719 g/mol. The van der Waals surface area contributed by atoms with E-state index in [-0.39, 0.29) is 0 Å². The third-order valence-corrected chi connectivity index (χ3v) is 12.2. The number of nitrogens with zero attached hydrogens (tertiary/aromatic N) is 4. The number of para-hydroxylation sites is 5. The Labute approximate surface area is 321 Å². The Kier molecular flexibility index (Phi) is 6.53. The molecule has 3 aromatic heterocycles. The van der Waals surface area contributed by atoms with E-state index in [4.69, 9.17) is 9.97 Å². The van der Waals surface area contributed by atoms with Gasteiger partial charge in [-0.3, -0.25) is 9.13 Å². The van der Waals surface area contributed by atoms with Gasteiger partial charge in [-0.2, -0.15) is 0 Å². The maximum atomic E-state index is 5.28. The number of aromatic nitrogens is 4. The third-order valence-electron chi connectivity index (χ3n) is 11.1. The van der Waals surface area contributed by atoms with Crippen molar-refractivity contribution in [2.24, 2.45) is 0 Å². The van der Waals surface area contributed by atoms with Crippen molar-refractivity contribution in [2.45, 2.75) is 9.79 Å². The van der Waals surface area contributed by atoms with Gasteiger partial charge in [0.25, 0.3) is 0 Å². The van der Waals surface area contributed by atoms with E-state index in [2.05, 4.69) is 167 Å². The van der Waals surface area contributed by atoms with E-state index in [0.717, 1.165) is 50.4 Å². The van der Waals surface area contributed by atoms with Crippen LogP contribution in [0.5, 0.6) is 0 Å². The van der Waals surface area contributed by atoms with Crippen molar-refractivity contribution in [3.8, 4) is 45.0 Å². The van der Waals surface area contributed by atoms with Crippen LogP contribution in [0.2, 0.25) is 0 Å². The van der Waals surface area contributed by atoms with Gasteiger partial charge >= 0.3 is 0 Å². The second-order valence-corrected chi connectivity index (χ2v) is 15.3. The van der Waals surface area contributed by atoms with Crippen LogP contribution < -0.4 is 0 Å². The highest BCUT2D eigenvalue weighted by Crippen LogP contribution is 2.50. The molecule has 12 rings (SSSR count). The molecule has 8 aromatic carbocycles. The molecule has 0 spiro atoms. The number of fused-ring (bicyclic) bond motifs is 9. The van der Waals surface area contributed by atoms with Gasteiger partial charge in [0.1, 0.15) is 5.65 Å². The van der Waals surface area contributed by atoms with E-state index in [1.807, 2.05) is 36.0 Å². The summed E-state index contributed by atoms with van der Waals surface area (Å²) in [4.78, 5) is 13.0. The minimum atomic E-state index is 0.879. The number of benzene rings is 8. The van der Waals surface area contributed by atoms with Gasteiger partial charge in [-0.25, -0.2) is 9.97 Å². The molecule has 0 saturated carbocycles. The van der Waals surface area contributed by atoms with Crippen LogP contribution in [0.1, 0.15) is 0 Å². The molecule has 55 heavy (non-hydrogen) atoms. The van der Waals surface area contributed by atoms with Gasteiger partial charge in [-0.15, -0.1) is 0 Å². The standard InChI is InChI=1S/C50H30N4S/c1-2-17-35(18-3-1)53-42-25-9-6-20-38(42)46-39-22-12-26-44-49(39)54(50(46)53)43-28-27-33(30-45(43)55-44)32-15-10-16-34(29-32)47-48(52-41-24-8-7-23-40(41)51-47)37-21-11-14-31-13-4-5-19-36(31)37/h1-30H. The van der Waals surface area contributed by atoms with Crippen LogP contribution in [0.25, 0.3) is 99.7 Å². The third kappa shape index (κ3) is 4.54. The lowest BCUT2D eigenvalue weighted by molar-refractivity contribution is 1.03. The van der Waals surface area contributed by atoms with Crippen molar-refractivity contribution in [1.82, 2.24) is 19.1 Å². The zero-order valence-corrected chi connectivity index (χ0v) is 30.3. The van der Waals surface area contributed by atoms with E-state index in [1.54, 1.807) is 0 Å².